The fourth-order valence-corrected chi connectivity index (χ4v) is 4.49. The van der Waals surface area contributed by atoms with Crippen LogP contribution in [0, 0.1) is 0 Å². The predicted molar refractivity (Wildman–Crippen MR) is 124 cm³/mol. The molecular weight excluding hydrogens is 426 g/mol. The molecule has 0 aliphatic carbocycles. The molecule has 164 valence electrons. The molecule has 0 radical (unpaired) electrons. The molecule has 0 saturated carbocycles. The lowest BCUT2D eigenvalue weighted by Gasteiger charge is -2.26. The summed E-state index contributed by atoms with van der Waals surface area (Å²) in [6.45, 7) is 1.11. The number of amides is 2. The highest BCUT2D eigenvalue weighted by Gasteiger charge is 2.25. The van der Waals surface area contributed by atoms with Crippen LogP contribution in [0.5, 0.6) is 11.5 Å². The van der Waals surface area contributed by atoms with Gasteiger partial charge in [-0.25, -0.2) is 4.98 Å². The number of methoxy groups -OCH3 is 2. The molecule has 1 aliphatic heterocycles. The number of thiazole rings is 1. The number of benzene rings is 2. The molecule has 0 spiro atoms. The van der Waals surface area contributed by atoms with E-state index in [0.29, 0.717) is 41.7 Å². The van der Waals surface area contributed by atoms with Crippen LogP contribution in [0.4, 0.5) is 5.13 Å². The molecule has 0 unspecified atom stereocenters. The molecule has 1 aromatic heterocycles. The second-order valence-corrected chi connectivity index (χ2v) is 8.25. The molecule has 32 heavy (non-hydrogen) atoms. The van der Waals surface area contributed by atoms with Crippen molar-refractivity contribution < 1.29 is 19.1 Å². The van der Waals surface area contributed by atoms with Gasteiger partial charge in [0.15, 0.2) is 16.6 Å². The third-order valence-corrected chi connectivity index (χ3v) is 6.10. The Labute approximate surface area is 190 Å². The van der Waals surface area contributed by atoms with Crippen LogP contribution < -0.4 is 14.8 Å². The van der Waals surface area contributed by atoms with Gasteiger partial charge in [-0.3, -0.25) is 14.9 Å². The average Bonchev–Trinajstić information content (AvgIpc) is 3.23. The van der Waals surface area contributed by atoms with Gasteiger partial charge in [-0.2, -0.15) is 0 Å². The van der Waals surface area contributed by atoms with Crippen molar-refractivity contribution in [2.45, 2.75) is 13.0 Å². The van der Waals surface area contributed by atoms with Crippen molar-refractivity contribution in [2.24, 2.45) is 0 Å². The summed E-state index contributed by atoms with van der Waals surface area (Å²) in [5, 5.41) is 3.35. The van der Waals surface area contributed by atoms with Crippen molar-refractivity contribution in [3.63, 3.8) is 0 Å². The number of nitrogens with one attached hydrogen (secondary N) is 1. The van der Waals surface area contributed by atoms with Gasteiger partial charge in [-0.1, -0.05) is 35.6 Å². The van der Waals surface area contributed by atoms with E-state index in [1.165, 1.54) is 17.4 Å². The third-order valence-electron chi connectivity index (χ3n) is 5.10. The molecule has 0 atom stereocenters. The lowest BCUT2D eigenvalue weighted by atomic mass is 10.1. The first kappa shape index (κ1) is 21.6. The summed E-state index contributed by atoms with van der Waals surface area (Å²) in [7, 11) is 3.14. The minimum Gasteiger partial charge on any atom is -0.493 e. The maximum atomic E-state index is 12.7. The Morgan fingerprint density at radius 2 is 1.88 bits per heavy atom. The van der Waals surface area contributed by atoms with Crippen LogP contribution in [0.25, 0.3) is 6.08 Å². The Morgan fingerprint density at radius 1 is 1.09 bits per heavy atom. The number of hydrogen-bond donors (Lipinski definition) is 1. The Morgan fingerprint density at radius 3 is 2.62 bits per heavy atom. The zero-order valence-corrected chi connectivity index (χ0v) is 18.6. The summed E-state index contributed by atoms with van der Waals surface area (Å²) in [5.41, 5.74) is 2.42. The van der Waals surface area contributed by atoms with E-state index < -0.39 is 0 Å². The van der Waals surface area contributed by atoms with Crippen LogP contribution in [0.3, 0.4) is 0 Å². The zero-order valence-electron chi connectivity index (χ0n) is 17.8. The lowest BCUT2D eigenvalue weighted by molar-refractivity contribution is -0.111. The Bertz CT molecular complexity index is 1160. The van der Waals surface area contributed by atoms with E-state index in [0.717, 1.165) is 16.1 Å². The van der Waals surface area contributed by atoms with E-state index in [4.69, 9.17) is 9.47 Å². The second kappa shape index (κ2) is 9.65. The second-order valence-electron chi connectivity index (χ2n) is 7.17. The molecule has 3 aromatic rings. The first-order valence-electron chi connectivity index (χ1n) is 10.1. The van der Waals surface area contributed by atoms with Crippen LogP contribution in [0.2, 0.25) is 0 Å². The van der Waals surface area contributed by atoms with Gasteiger partial charge in [-0.05, 0) is 35.9 Å². The summed E-state index contributed by atoms with van der Waals surface area (Å²) < 4.78 is 10.5. The summed E-state index contributed by atoms with van der Waals surface area (Å²) in [6, 6.07) is 14.7. The van der Waals surface area contributed by atoms with Crippen LogP contribution in [0.1, 0.15) is 26.5 Å². The number of carbonyl (C=O) groups is 2. The predicted octanol–water partition coefficient (Wildman–Crippen LogP) is 4.01. The Kier molecular flexibility index (Phi) is 6.51. The molecule has 0 saturated heterocycles. The molecule has 1 aliphatic rings. The van der Waals surface area contributed by atoms with E-state index in [2.05, 4.69) is 10.3 Å². The zero-order chi connectivity index (χ0) is 22.5. The Balaban J connectivity index is 1.39. The van der Waals surface area contributed by atoms with Gasteiger partial charge >= 0.3 is 0 Å². The van der Waals surface area contributed by atoms with Crippen LogP contribution >= 0.6 is 11.3 Å². The first-order chi connectivity index (χ1) is 15.6. The van der Waals surface area contributed by atoms with Gasteiger partial charge in [0.25, 0.3) is 5.91 Å². The normalized spacial score (nSPS) is 13.0. The van der Waals surface area contributed by atoms with Gasteiger partial charge in [-0.15, -0.1) is 0 Å². The summed E-state index contributed by atoms with van der Waals surface area (Å²) in [6.07, 6.45) is 3.82. The van der Waals surface area contributed by atoms with Crippen molar-refractivity contribution in [3.8, 4) is 11.5 Å². The molecular formula is C24H23N3O4S. The number of aromatic nitrogens is 1. The van der Waals surface area contributed by atoms with Gasteiger partial charge in [0.05, 0.1) is 26.5 Å². The van der Waals surface area contributed by atoms with Crippen LogP contribution in [-0.4, -0.2) is 42.5 Å². The number of hydrogen-bond acceptors (Lipinski definition) is 6. The number of carbonyl (C=O) groups excluding carboxylic acids is 2. The van der Waals surface area contributed by atoms with E-state index in [-0.39, 0.29) is 11.8 Å². The first-order valence-corrected chi connectivity index (χ1v) is 10.9. The number of ether oxygens (including phenoxy) is 2. The molecule has 2 heterocycles. The topological polar surface area (TPSA) is 80.8 Å². The van der Waals surface area contributed by atoms with Gasteiger partial charge in [0.1, 0.15) is 0 Å². The molecule has 4 rings (SSSR count). The van der Waals surface area contributed by atoms with Crippen molar-refractivity contribution >= 4 is 34.4 Å². The summed E-state index contributed by atoms with van der Waals surface area (Å²) >= 11 is 1.41. The van der Waals surface area contributed by atoms with Crippen LogP contribution in [-0.2, 0) is 17.8 Å². The minimum absolute atomic E-state index is 0.00749. The van der Waals surface area contributed by atoms with E-state index in [1.807, 2.05) is 41.3 Å². The molecule has 2 aromatic carbocycles. The Hall–Kier alpha value is -3.65. The van der Waals surface area contributed by atoms with Gasteiger partial charge < -0.3 is 14.4 Å². The largest absolute Gasteiger partial charge is 0.493 e. The monoisotopic (exact) mass is 449 g/mol. The lowest BCUT2D eigenvalue weighted by Crippen LogP contribution is -2.35. The van der Waals surface area contributed by atoms with E-state index in [1.54, 1.807) is 32.4 Å². The van der Waals surface area contributed by atoms with Gasteiger partial charge in [0, 0.05) is 29.5 Å². The summed E-state index contributed by atoms with van der Waals surface area (Å²) in [5.74, 6) is 0.954. The average molecular weight is 450 g/mol. The molecule has 0 fully saturated rings. The third kappa shape index (κ3) is 4.81. The van der Waals surface area contributed by atoms with Crippen molar-refractivity contribution in [2.75, 3.05) is 26.1 Å². The van der Waals surface area contributed by atoms with Crippen molar-refractivity contribution in [1.29, 1.82) is 0 Å². The highest BCUT2D eigenvalue weighted by atomic mass is 32.1. The molecule has 0 bridgehead atoms. The fourth-order valence-electron chi connectivity index (χ4n) is 3.46. The highest BCUT2D eigenvalue weighted by molar-refractivity contribution is 7.15. The highest BCUT2D eigenvalue weighted by Crippen LogP contribution is 2.30. The van der Waals surface area contributed by atoms with Gasteiger partial charge in [0.2, 0.25) is 5.91 Å². The summed E-state index contributed by atoms with van der Waals surface area (Å²) in [4.78, 5) is 32.5. The standard InChI is InChI=1S/C24H23N3O4S/c1-30-19-10-8-16(14-20(19)31-2)9-11-22(28)26-24-25-18-12-13-27(15-21(18)32-24)23(29)17-6-4-3-5-7-17/h3-11,14H,12-13,15H2,1-2H3,(H,25,26,28)/b11-9+. The maximum Gasteiger partial charge on any atom is 0.254 e. The SMILES string of the molecule is COc1ccc(/C=C/C(=O)Nc2nc3c(s2)CN(C(=O)c2ccccc2)CC3)cc1OC. The number of rotatable bonds is 6. The molecule has 7 nitrogen and oxygen atoms in total. The molecule has 1 N–H and O–H groups in total. The fraction of sp³-hybridized carbons (Fsp3) is 0.208. The molecule has 2 amide bonds. The van der Waals surface area contributed by atoms with E-state index >= 15 is 0 Å². The smallest absolute Gasteiger partial charge is 0.254 e. The van der Waals surface area contributed by atoms with Crippen LogP contribution in [0.15, 0.2) is 54.6 Å². The number of anilines is 1. The minimum atomic E-state index is -0.275. The van der Waals surface area contributed by atoms with Crippen molar-refractivity contribution in [3.05, 3.63) is 76.3 Å². The number of fused-ring (bicyclic) bond motifs is 1. The maximum absolute atomic E-state index is 12.7. The molecule has 8 heteroatoms. The quantitative estimate of drug-likeness (QED) is 0.575. The van der Waals surface area contributed by atoms with E-state index in [9.17, 15) is 9.59 Å². The van der Waals surface area contributed by atoms with Crippen molar-refractivity contribution in [1.82, 2.24) is 9.88 Å². The number of nitrogens with zero attached hydrogens (tertiary/aromatic N) is 2.